The van der Waals surface area contributed by atoms with E-state index in [4.69, 9.17) is 9.47 Å². The van der Waals surface area contributed by atoms with Crippen LogP contribution in [0.3, 0.4) is 0 Å². The zero-order valence-electron chi connectivity index (χ0n) is 17.8. The molecule has 0 saturated carbocycles. The molecule has 1 atom stereocenters. The van der Waals surface area contributed by atoms with Gasteiger partial charge in [-0.2, -0.15) is 0 Å². The van der Waals surface area contributed by atoms with Gasteiger partial charge in [0.2, 0.25) is 0 Å². The number of rotatable bonds is 8. The van der Waals surface area contributed by atoms with Crippen LogP contribution in [0.4, 0.5) is 4.79 Å². The molecule has 0 saturated heterocycles. The first-order valence-electron chi connectivity index (χ1n) is 9.57. The fraction of sp³-hybridized carbons (Fsp3) is 0.619. The first kappa shape index (κ1) is 23.2. The highest BCUT2D eigenvalue weighted by Gasteiger charge is 2.18. The lowest BCUT2D eigenvalue weighted by Crippen LogP contribution is -2.38. The zero-order valence-corrected chi connectivity index (χ0v) is 18.8. The van der Waals surface area contributed by atoms with Gasteiger partial charge in [-0.25, -0.2) is 4.79 Å². The maximum Gasteiger partial charge on any atom is 0.407 e. The van der Waals surface area contributed by atoms with E-state index in [0.717, 1.165) is 17.2 Å². The fourth-order valence-corrected chi connectivity index (χ4v) is 3.11. The highest BCUT2D eigenvalue weighted by atomic mass is 28.3. The fourth-order valence-electron chi connectivity index (χ4n) is 2.40. The lowest BCUT2D eigenvalue weighted by atomic mass is 10.0. The van der Waals surface area contributed by atoms with Crippen LogP contribution in [-0.2, 0) is 27.1 Å². The third-order valence-electron chi connectivity index (χ3n) is 3.79. The van der Waals surface area contributed by atoms with E-state index in [9.17, 15) is 9.59 Å². The number of hydrogen-bond acceptors (Lipinski definition) is 4. The SMILES string of the molecule is C[C@H](Cc1ccc(CC(=O)OCC[Si](C)(C)C)cc1)NC(=O)OC(C)(C)C. The quantitative estimate of drug-likeness (QED) is 0.519. The van der Waals surface area contributed by atoms with E-state index >= 15 is 0 Å². The molecule has 0 aliphatic rings. The summed E-state index contributed by atoms with van der Waals surface area (Å²) in [5.41, 5.74) is 1.52. The molecule has 1 amide bonds. The Hall–Kier alpha value is -1.82. The molecule has 0 aliphatic carbocycles. The molecule has 0 spiro atoms. The molecule has 1 rings (SSSR count). The topological polar surface area (TPSA) is 64.6 Å². The summed E-state index contributed by atoms with van der Waals surface area (Å²) in [5, 5.41) is 2.84. The summed E-state index contributed by atoms with van der Waals surface area (Å²) >= 11 is 0. The van der Waals surface area contributed by atoms with Crippen molar-refractivity contribution < 1.29 is 19.1 Å². The lowest BCUT2D eigenvalue weighted by Gasteiger charge is -2.22. The van der Waals surface area contributed by atoms with E-state index in [-0.39, 0.29) is 18.4 Å². The largest absolute Gasteiger partial charge is 0.466 e. The van der Waals surface area contributed by atoms with Crippen molar-refractivity contribution in [1.29, 1.82) is 0 Å². The number of esters is 1. The second kappa shape index (κ2) is 9.92. The molecule has 0 heterocycles. The minimum absolute atomic E-state index is 0.0442. The molecule has 6 heteroatoms. The normalized spacial score (nSPS) is 13.0. The standard InChI is InChI=1S/C21H35NO4Si/c1-16(22-20(24)26-21(2,3)4)14-17-8-10-18(11-9-17)15-19(23)25-12-13-27(5,6)7/h8-11,16H,12-15H2,1-7H3,(H,22,24)/t16-/m1/s1. The Morgan fingerprint density at radius 2 is 1.63 bits per heavy atom. The van der Waals surface area contributed by atoms with E-state index in [1.54, 1.807) is 0 Å². The molecular weight excluding hydrogens is 358 g/mol. The van der Waals surface area contributed by atoms with Gasteiger partial charge in [0.05, 0.1) is 13.0 Å². The Morgan fingerprint density at radius 3 is 2.15 bits per heavy atom. The van der Waals surface area contributed by atoms with Crippen molar-refractivity contribution in [2.45, 2.75) is 77.9 Å². The van der Waals surface area contributed by atoms with Gasteiger partial charge in [-0.05, 0) is 51.3 Å². The van der Waals surface area contributed by atoms with Gasteiger partial charge < -0.3 is 14.8 Å². The van der Waals surface area contributed by atoms with Crippen LogP contribution in [-0.4, -0.2) is 38.4 Å². The third kappa shape index (κ3) is 11.5. The smallest absolute Gasteiger partial charge is 0.407 e. The van der Waals surface area contributed by atoms with Crippen molar-refractivity contribution in [3.05, 3.63) is 35.4 Å². The number of amides is 1. The highest BCUT2D eigenvalue weighted by Crippen LogP contribution is 2.11. The number of alkyl carbamates (subject to hydrolysis) is 1. The second-order valence-electron chi connectivity index (χ2n) is 9.28. The van der Waals surface area contributed by atoms with Crippen molar-refractivity contribution in [3.8, 4) is 0 Å². The van der Waals surface area contributed by atoms with Crippen molar-refractivity contribution in [1.82, 2.24) is 5.32 Å². The van der Waals surface area contributed by atoms with Crippen LogP contribution in [0, 0.1) is 0 Å². The summed E-state index contributed by atoms with van der Waals surface area (Å²) in [6.45, 7) is 14.8. The molecule has 1 aromatic rings. The van der Waals surface area contributed by atoms with Gasteiger partial charge in [-0.1, -0.05) is 43.9 Å². The minimum atomic E-state index is -1.18. The van der Waals surface area contributed by atoms with E-state index in [0.29, 0.717) is 13.0 Å². The maximum atomic E-state index is 11.9. The summed E-state index contributed by atoms with van der Waals surface area (Å²) in [7, 11) is -1.18. The predicted octanol–water partition coefficient (Wildman–Crippen LogP) is 4.57. The minimum Gasteiger partial charge on any atom is -0.466 e. The van der Waals surface area contributed by atoms with Crippen LogP contribution >= 0.6 is 0 Å². The monoisotopic (exact) mass is 393 g/mol. The molecule has 152 valence electrons. The second-order valence-corrected chi connectivity index (χ2v) is 14.9. The van der Waals surface area contributed by atoms with Gasteiger partial charge in [0.1, 0.15) is 5.60 Å². The van der Waals surface area contributed by atoms with Crippen LogP contribution in [0.2, 0.25) is 25.7 Å². The average Bonchev–Trinajstić information content (AvgIpc) is 2.45. The molecule has 27 heavy (non-hydrogen) atoms. The van der Waals surface area contributed by atoms with Gasteiger partial charge in [0.25, 0.3) is 0 Å². The zero-order chi connectivity index (χ0) is 20.7. The van der Waals surface area contributed by atoms with E-state index < -0.39 is 19.8 Å². The molecule has 0 aliphatic heterocycles. The van der Waals surface area contributed by atoms with Crippen molar-refractivity contribution in [2.75, 3.05) is 6.61 Å². The third-order valence-corrected chi connectivity index (χ3v) is 5.50. The van der Waals surface area contributed by atoms with Crippen molar-refractivity contribution in [3.63, 3.8) is 0 Å². The summed E-state index contributed by atoms with van der Waals surface area (Å²) < 4.78 is 10.6. The van der Waals surface area contributed by atoms with Gasteiger partial charge >= 0.3 is 12.1 Å². The van der Waals surface area contributed by atoms with Gasteiger partial charge in [-0.15, -0.1) is 0 Å². The Kier molecular flexibility index (Phi) is 8.53. The number of benzene rings is 1. The van der Waals surface area contributed by atoms with E-state index in [2.05, 4.69) is 25.0 Å². The number of ether oxygens (including phenoxy) is 2. The molecule has 5 nitrogen and oxygen atoms in total. The van der Waals surface area contributed by atoms with Crippen LogP contribution in [0.15, 0.2) is 24.3 Å². The van der Waals surface area contributed by atoms with Gasteiger partial charge in [-0.3, -0.25) is 4.79 Å². The van der Waals surface area contributed by atoms with Crippen LogP contribution in [0.1, 0.15) is 38.8 Å². The molecule has 0 bridgehead atoms. The highest BCUT2D eigenvalue weighted by molar-refractivity contribution is 6.76. The Morgan fingerprint density at radius 1 is 1.07 bits per heavy atom. The maximum absolute atomic E-state index is 11.9. The number of nitrogens with one attached hydrogen (secondary N) is 1. The average molecular weight is 394 g/mol. The Balaban J connectivity index is 2.42. The summed E-state index contributed by atoms with van der Waals surface area (Å²) in [5.74, 6) is -0.180. The van der Waals surface area contributed by atoms with Crippen LogP contribution in [0.25, 0.3) is 0 Å². The first-order chi connectivity index (χ1) is 12.3. The molecule has 1 N–H and O–H groups in total. The molecule has 0 aromatic heterocycles. The molecular formula is C21H35NO4Si. The summed E-state index contributed by atoms with van der Waals surface area (Å²) in [4.78, 5) is 23.7. The summed E-state index contributed by atoms with van der Waals surface area (Å²) in [6, 6.07) is 8.79. The molecule has 0 radical (unpaired) electrons. The van der Waals surface area contributed by atoms with E-state index in [1.807, 2.05) is 52.0 Å². The van der Waals surface area contributed by atoms with Crippen LogP contribution in [0.5, 0.6) is 0 Å². The van der Waals surface area contributed by atoms with Crippen molar-refractivity contribution in [2.24, 2.45) is 0 Å². The Bertz CT molecular complexity index is 615. The number of carbonyl (C=O) groups excluding carboxylic acids is 2. The summed E-state index contributed by atoms with van der Waals surface area (Å²) in [6.07, 6.45) is 0.574. The lowest BCUT2D eigenvalue weighted by molar-refractivity contribution is -0.142. The predicted molar refractivity (Wildman–Crippen MR) is 112 cm³/mol. The van der Waals surface area contributed by atoms with Crippen molar-refractivity contribution >= 4 is 20.1 Å². The molecule has 0 unspecified atom stereocenters. The molecule has 0 fully saturated rings. The number of hydrogen-bond donors (Lipinski definition) is 1. The Labute approximate surface area is 164 Å². The van der Waals surface area contributed by atoms with Gasteiger partial charge in [0.15, 0.2) is 0 Å². The molecule has 1 aromatic carbocycles. The first-order valence-corrected chi connectivity index (χ1v) is 13.3. The number of carbonyl (C=O) groups is 2. The van der Waals surface area contributed by atoms with Gasteiger partial charge in [0, 0.05) is 14.1 Å². The van der Waals surface area contributed by atoms with Crippen LogP contribution < -0.4 is 5.32 Å². The van der Waals surface area contributed by atoms with E-state index in [1.165, 1.54) is 0 Å².